The number of rotatable bonds is 6. The van der Waals surface area contributed by atoms with E-state index in [0.29, 0.717) is 5.82 Å². The number of hydrogen-bond donors (Lipinski definition) is 2. The van der Waals surface area contributed by atoms with Crippen LogP contribution in [-0.4, -0.2) is 35.6 Å². The van der Waals surface area contributed by atoms with E-state index >= 15 is 0 Å². The Balaban J connectivity index is 2.97. The van der Waals surface area contributed by atoms with Crippen LogP contribution in [0.3, 0.4) is 0 Å². The maximum Gasteiger partial charge on any atom is 0.312 e. The summed E-state index contributed by atoms with van der Waals surface area (Å²) in [5.74, 6) is 0.864. The van der Waals surface area contributed by atoms with Gasteiger partial charge in [-0.15, -0.1) is 0 Å². The molecule has 0 spiro atoms. The van der Waals surface area contributed by atoms with E-state index in [9.17, 15) is 10.1 Å². The molecule has 0 fully saturated rings. The summed E-state index contributed by atoms with van der Waals surface area (Å²) in [6.07, 6.45) is 0.967. The summed E-state index contributed by atoms with van der Waals surface area (Å²) in [5, 5.41) is 15.5. The monoisotopic (exact) mass is 239 g/mol. The van der Waals surface area contributed by atoms with Crippen LogP contribution in [0.4, 0.5) is 17.3 Å². The van der Waals surface area contributed by atoms with E-state index in [2.05, 4.69) is 15.7 Å². The van der Waals surface area contributed by atoms with Crippen molar-refractivity contribution < 1.29 is 4.92 Å². The van der Waals surface area contributed by atoms with Gasteiger partial charge in [0.05, 0.1) is 4.92 Å². The van der Waals surface area contributed by atoms with Crippen LogP contribution in [0, 0.1) is 10.1 Å². The number of anilines is 2. The SMILES string of the molecule is CCCNc1ccc([N+](=O)[O-])c(NN(C)C)n1. The summed E-state index contributed by atoms with van der Waals surface area (Å²) in [6.45, 7) is 2.82. The van der Waals surface area contributed by atoms with Gasteiger partial charge in [0.15, 0.2) is 0 Å². The molecule has 0 atom stereocenters. The first-order valence-corrected chi connectivity index (χ1v) is 5.38. The van der Waals surface area contributed by atoms with Gasteiger partial charge in [-0.25, -0.2) is 9.99 Å². The van der Waals surface area contributed by atoms with Gasteiger partial charge in [-0.1, -0.05) is 6.92 Å². The van der Waals surface area contributed by atoms with Crippen molar-refractivity contribution in [1.82, 2.24) is 9.99 Å². The van der Waals surface area contributed by atoms with Crippen molar-refractivity contribution in [1.29, 1.82) is 0 Å². The van der Waals surface area contributed by atoms with Gasteiger partial charge in [0, 0.05) is 26.7 Å². The molecular weight excluding hydrogens is 222 g/mol. The van der Waals surface area contributed by atoms with Crippen molar-refractivity contribution in [3.05, 3.63) is 22.2 Å². The second kappa shape index (κ2) is 6.00. The van der Waals surface area contributed by atoms with Crippen LogP contribution in [0.2, 0.25) is 0 Å². The molecule has 2 N–H and O–H groups in total. The zero-order chi connectivity index (χ0) is 12.8. The smallest absolute Gasteiger partial charge is 0.312 e. The highest BCUT2D eigenvalue weighted by molar-refractivity contribution is 5.59. The lowest BCUT2D eigenvalue weighted by molar-refractivity contribution is -0.384. The van der Waals surface area contributed by atoms with Gasteiger partial charge >= 0.3 is 5.69 Å². The molecule has 0 amide bonds. The third-order valence-corrected chi connectivity index (χ3v) is 1.96. The van der Waals surface area contributed by atoms with Gasteiger partial charge in [-0.3, -0.25) is 15.5 Å². The zero-order valence-corrected chi connectivity index (χ0v) is 10.2. The molecule has 0 aliphatic carbocycles. The minimum absolute atomic E-state index is 0.0410. The molecule has 0 saturated carbocycles. The first-order valence-electron chi connectivity index (χ1n) is 5.38. The molecule has 7 nitrogen and oxygen atoms in total. The van der Waals surface area contributed by atoms with Gasteiger partial charge < -0.3 is 5.32 Å². The molecular formula is C10H17N5O2. The van der Waals surface area contributed by atoms with Gasteiger partial charge in [0.25, 0.3) is 0 Å². The summed E-state index contributed by atoms with van der Waals surface area (Å²) in [4.78, 5) is 14.5. The lowest BCUT2D eigenvalue weighted by Crippen LogP contribution is -2.21. The van der Waals surface area contributed by atoms with Crippen LogP contribution in [0.5, 0.6) is 0 Å². The highest BCUT2D eigenvalue weighted by Crippen LogP contribution is 2.23. The third kappa shape index (κ3) is 3.87. The molecule has 0 aromatic carbocycles. The predicted octanol–water partition coefficient (Wildman–Crippen LogP) is 1.70. The molecule has 7 heteroatoms. The maximum absolute atomic E-state index is 10.8. The van der Waals surface area contributed by atoms with E-state index in [1.54, 1.807) is 25.2 Å². The predicted molar refractivity (Wildman–Crippen MR) is 67.0 cm³/mol. The van der Waals surface area contributed by atoms with Crippen molar-refractivity contribution >= 4 is 17.3 Å². The zero-order valence-electron chi connectivity index (χ0n) is 10.2. The van der Waals surface area contributed by atoms with Crippen LogP contribution in [0.1, 0.15) is 13.3 Å². The van der Waals surface area contributed by atoms with Crippen LogP contribution >= 0.6 is 0 Å². The average Bonchev–Trinajstić information content (AvgIpc) is 2.25. The largest absolute Gasteiger partial charge is 0.370 e. The molecule has 1 heterocycles. The van der Waals surface area contributed by atoms with Crippen LogP contribution in [-0.2, 0) is 0 Å². The van der Waals surface area contributed by atoms with Crippen LogP contribution < -0.4 is 10.7 Å². The Morgan fingerprint density at radius 3 is 2.71 bits per heavy atom. The summed E-state index contributed by atoms with van der Waals surface area (Å²) in [5.41, 5.74) is 2.77. The fraction of sp³-hybridized carbons (Fsp3) is 0.500. The minimum Gasteiger partial charge on any atom is -0.370 e. The summed E-state index contributed by atoms with van der Waals surface area (Å²) < 4.78 is 0. The van der Waals surface area contributed by atoms with E-state index < -0.39 is 4.92 Å². The first-order chi connectivity index (χ1) is 8.04. The summed E-state index contributed by atoms with van der Waals surface area (Å²) in [7, 11) is 3.50. The number of pyridine rings is 1. The Labute approximate surface area is 100.0 Å². The fourth-order valence-corrected chi connectivity index (χ4v) is 1.24. The lowest BCUT2D eigenvalue weighted by Gasteiger charge is -2.13. The number of aromatic nitrogens is 1. The van der Waals surface area contributed by atoms with Crippen molar-refractivity contribution in [3.63, 3.8) is 0 Å². The van der Waals surface area contributed by atoms with Crippen molar-refractivity contribution in [2.75, 3.05) is 31.4 Å². The number of nitrogens with zero attached hydrogens (tertiary/aromatic N) is 3. The van der Waals surface area contributed by atoms with Gasteiger partial charge in [0.1, 0.15) is 5.82 Å². The molecule has 0 aliphatic rings. The van der Waals surface area contributed by atoms with E-state index in [1.165, 1.54) is 6.07 Å². The van der Waals surface area contributed by atoms with E-state index in [1.807, 2.05) is 6.92 Å². The summed E-state index contributed by atoms with van der Waals surface area (Å²) in [6, 6.07) is 3.05. The molecule has 0 radical (unpaired) electrons. The Hall–Kier alpha value is -1.89. The molecule has 0 bridgehead atoms. The van der Waals surface area contributed by atoms with Gasteiger partial charge in [0.2, 0.25) is 5.82 Å². The Kier molecular flexibility index (Phi) is 4.65. The lowest BCUT2D eigenvalue weighted by atomic mass is 10.3. The molecule has 0 aliphatic heterocycles. The van der Waals surface area contributed by atoms with Crippen molar-refractivity contribution in [2.24, 2.45) is 0 Å². The van der Waals surface area contributed by atoms with Crippen molar-refractivity contribution in [2.45, 2.75) is 13.3 Å². The first kappa shape index (κ1) is 13.2. The fourth-order valence-electron chi connectivity index (χ4n) is 1.24. The number of nitro groups is 1. The highest BCUT2D eigenvalue weighted by Gasteiger charge is 2.16. The normalized spacial score (nSPS) is 10.4. The van der Waals surface area contributed by atoms with Gasteiger partial charge in [-0.2, -0.15) is 0 Å². The Morgan fingerprint density at radius 1 is 1.47 bits per heavy atom. The third-order valence-electron chi connectivity index (χ3n) is 1.96. The van der Waals surface area contributed by atoms with Crippen LogP contribution in [0.25, 0.3) is 0 Å². The molecule has 1 rings (SSSR count). The molecule has 1 aromatic rings. The standard InChI is InChI=1S/C10H17N5O2/c1-4-7-11-9-6-5-8(15(16)17)10(12-9)13-14(2)3/h5-6H,4,7H2,1-3H3,(H2,11,12,13). The molecule has 0 saturated heterocycles. The second-order valence-electron chi connectivity index (χ2n) is 3.75. The number of hydrazine groups is 1. The van der Waals surface area contributed by atoms with E-state index in [0.717, 1.165) is 13.0 Å². The second-order valence-corrected chi connectivity index (χ2v) is 3.75. The Morgan fingerprint density at radius 2 is 2.18 bits per heavy atom. The highest BCUT2D eigenvalue weighted by atomic mass is 16.6. The number of hydrogen-bond acceptors (Lipinski definition) is 6. The Bertz CT molecular complexity index is 394. The average molecular weight is 239 g/mol. The van der Waals surface area contributed by atoms with Gasteiger partial charge in [-0.05, 0) is 12.5 Å². The minimum atomic E-state index is -0.456. The quantitative estimate of drug-likeness (QED) is 0.580. The van der Waals surface area contributed by atoms with E-state index in [4.69, 9.17) is 0 Å². The molecule has 17 heavy (non-hydrogen) atoms. The molecule has 94 valence electrons. The molecule has 1 aromatic heterocycles. The summed E-state index contributed by atoms with van der Waals surface area (Å²) >= 11 is 0. The topological polar surface area (TPSA) is 83.3 Å². The molecule has 0 unspecified atom stereocenters. The maximum atomic E-state index is 10.8. The van der Waals surface area contributed by atoms with Crippen molar-refractivity contribution in [3.8, 4) is 0 Å². The number of nitrogens with one attached hydrogen (secondary N) is 2. The van der Waals surface area contributed by atoms with E-state index in [-0.39, 0.29) is 11.5 Å². The van der Waals surface area contributed by atoms with Crippen LogP contribution in [0.15, 0.2) is 12.1 Å².